The number of thioether (sulfide) groups is 1. The standard InChI is InChI=1S/C13H17N7OS/c1-20(2)9-5-3-8(4-6-9)16-10(21)7-22-13-18-11(14)17-12(15)19-13/h3-6H,7H2,1-2H3,(H,16,21)(H4,14,15,17,18,19). The van der Waals surface area contributed by atoms with Crippen molar-refractivity contribution in [1.82, 2.24) is 15.0 Å². The second-order valence-electron chi connectivity index (χ2n) is 4.61. The molecule has 2 aromatic rings. The van der Waals surface area contributed by atoms with E-state index in [4.69, 9.17) is 11.5 Å². The van der Waals surface area contributed by atoms with Crippen molar-refractivity contribution < 1.29 is 4.79 Å². The van der Waals surface area contributed by atoms with E-state index >= 15 is 0 Å². The summed E-state index contributed by atoms with van der Waals surface area (Å²) in [7, 11) is 3.91. The first-order valence-corrected chi connectivity index (χ1v) is 7.39. The number of nitrogens with two attached hydrogens (primary N) is 2. The second-order valence-corrected chi connectivity index (χ2v) is 5.56. The minimum Gasteiger partial charge on any atom is -0.378 e. The van der Waals surface area contributed by atoms with E-state index < -0.39 is 0 Å². The largest absolute Gasteiger partial charge is 0.378 e. The van der Waals surface area contributed by atoms with Crippen LogP contribution in [0.1, 0.15) is 0 Å². The van der Waals surface area contributed by atoms with Crippen molar-refractivity contribution in [2.75, 3.05) is 41.5 Å². The maximum absolute atomic E-state index is 11.9. The predicted molar refractivity (Wildman–Crippen MR) is 88.8 cm³/mol. The van der Waals surface area contributed by atoms with E-state index in [9.17, 15) is 4.79 Å². The van der Waals surface area contributed by atoms with Crippen LogP contribution in [-0.4, -0.2) is 40.7 Å². The van der Waals surface area contributed by atoms with Crippen molar-refractivity contribution in [1.29, 1.82) is 0 Å². The van der Waals surface area contributed by atoms with Crippen LogP contribution in [-0.2, 0) is 4.79 Å². The molecule has 116 valence electrons. The average molecular weight is 319 g/mol. The van der Waals surface area contributed by atoms with Crippen molar-refractivity contribution in [2.45, 2.75) is 5.16 Å². The van der Waals surface area contributed by atoms with Gasteiger partial charge < -0.3 is 21.7 Å². The van der Waals surface area contributed by atoms with Crippen molar-refractivity contribution in [3.63, 3.8) is 0 Å². The zero-order valence-electron chi connectivity index (χ0n) is 12.3. The minimum atomic E-state index is -0.167. The predicted octanol–water partition coefficient (Wildman–Crippen LogP) is 0.833. The third kappa shape index (κ3) is 4.48. The summed E-state index contributed by atoms with van der Waals surface area (Å²) in [4.78, 5) is 25.3. The number of nitrogens with one attached hydrogen (secondary N) is 1. The van der Waals surface area contributed by atoms with Crippen molar-refractivity contribution in [3.8, 4) is 0 Å². The molecule has 5 N–H and O–H groups in total. The highest BCUT2D eigenvalue weighted by molar-refractivity contribution is 7.99. The third-order valence-corrected chi connectivity index (χ3v) is 3.50. The van der Waals surface area contributed by atoms with Gasteiger partial charge in [0.2, 0.25) is 17.8 Å². The van der Waals surface area contributed by atoms with Gasteiger partial charge in [-0.1, -0.05) is 11.8 Å². The Morgan fingerprint density at radius 2 is 1.73 bits per heavy atom. The Balaban J connectivity index is 1.90. The topological polar surface area (TPSA) is 123 Å². The lowest BCUT2D eigenvalue weighted by Gasteiger charge is -2.13. The molecule has 0 aliphatic carbocycles. The van der Waals surface area contributed by atoms with Gasteiger partial charge in [-0.15, -0.1) is 0 Å². The molecule has 2 rings (SSSR count). The van der Waals surface area contributed by atoms with Crippen LogP contribution >= 0.6 is 11.8 Å². The maximum atomic E-state index is 11.9. The fourth-order valence-corrected chi connectivity index (χ4v) is 2.27. The number of hydrogen-bond donors (Lipinski definition) is 3. The van der Waals surface area contributed by atoms with Gasteiger partial charge in [0.05, 0.1) is 5.75 Å². The molecule has 0 aliphatic rings. The number of benzene rings is 1. The van der Waals surface area contributed by atoms with Crippen LogP contribution in [0.25, 0.3) is 0 Å². The van der Waals surface area contributed by atoms with Crippen LogP contribution in [0.2, 0.25) is 0 Å². The van der Waals surface area contributed by atoms with Gasteiger partial charge in [0, 0.05) is 25.5 Å². The van der Waals surface area contributed by atoms with Crippen molar-refractivity contribution in [2.24, 2.45) is 0 Å². The molecule has 0 bridgehead atoms. The lowest BCUT2D eigenvalue weighted by molar-refractivity contribution is -0.113. The van der Waals surface area contributed by atoms with Crippen LogP contribution in [0.15, 0.2) is 29.4 Å². The number of carbonyl (C=O) groups excluding carboxylic acids is 1. The van der Waals surface area contributed by atoms with Gasteiger partial charge in [0.1, 0.15) is 0 Å². The third-order valence-electron chi connectivity index (χ3n) is 2.65. The van der Waals surface area contributed by atoms with Crippen LogP contribution in [0.5, 0.6) is 0 Å². The van der Waals surface area contributed by atoms with Crippen LogP contribution in [0.4, 0.5) is 23.3 Å². The summed E-state index contributed by atoms with van der Waals surface area (Å²) in [5.74, 6) is 0.0581. The summed E-state index contributed by atoms with van der Waals surface area (Å²) in [5, 5.41) is 3.12. The quantitative estimate of drug-likeness (QED) is 0.693. The summed E-state index contributed by atoms with van der Waals surface area (Å²) in [6.45, 7) is 0. The maximum Gasteiger partial charge on any atom is 0.234 e. The Morgan fingerprint density at radius 3 is 2.27 bits per heavy atom. The molecule has 1 aromatic heterocycles. The number of nitrogen functional groups attached to an aromatic ring is 2. The molecule has 8 nitrogen and oxygen atoms in total. The highest BCUT2D eigenvalue weighted by Gasteiger charge is 2.08. The fourth-order valence-electron chi connectivity index (χ4n) is 1.62. The molecular formula is C13H17N7OS. The van der Waals surface area contributed by atoms with Crippen LogP contribution in [0.3, 0.4) is 0 Å². The first kappa shape index (κ1) is 15.8. The van der Waals surface area contributed by atoms with Gasteiger partial charge in [-0.3, -0.25) is 4.79 Å². The van der Waals surface area contributed by atoms with E-state index in [0.29, 0.717) is 5.16 Å². The second kappa shape index (κ2) is 6.94. The average Bonchev–Trinajstić information content (AvgIpc) is 2.45. The lowest BCUT2D eigenvalue weighted by Crippen LogP contribution is -2.15. The zero-order valence-corrected chi connectivity index (χ0v) is 13.1. The minimum absolute atomic E-state index is 0.0367. The SMILES string of the molecule is CN(C)c1ccc(NC(=O)CSc2nc(N)nc(N)n2)cc1. The molecule has 0 aliphatic heterocycles. The van der Waals surface area contributed by atoms with E-state index in [1.165, 1.54) is 0 Å². The number of amides is 1. The van der Waals surface area contributed by atoms with Crippen molar-refractivity contribution in [3.05, 3.63) is 24.3 Å². The first-order valence-electron chi connectivity index (χ1n) is 6.41. The first-order chi connectivity index (χ1) is 10.4. The Morgan fingerprint density at radius 1 is 1.14 bits per heavy atom. The monoisotopic (exact) mass is 319 g/mol. The molecule has 0 unspecified atom stereocenters. The van der Waals surface area contributed by atoms with Gasteiger partial charge >= 0.3 is 0 Å². The Bertz CT molecular complexity index is 640. The van der Waals surface area contributed by atoms with Crippen LogP contribution in [0, 0.1) is 0 Å². The van der Waals surface area contributed by atoms with E-state index in [1.54, 1.807) is 0 Å². The van der Waals surface area contributed by atoms with Gasteiger partial charge in [0.25, 0.3) is 0 Å². The summed E-state index contributed by atoms with van der Waals surface area (Å²) in [6, 6.07) is 7.54. The molecule has 0 saturated carbocycles. The van der Waals surface area contributed by atoms with Gasteiger partial charge in [-0.2, -0.15) is 15.0 Å². The van der Waals surface area contributed by atoms with Crippen molar-refractivity contribution >= 4 is 40.9 Å². The molecule has 1 aromatic carbocycles. The molecule has 0 saturated heterocycles. The summed E-state index contributed by atoms with van der Waals surface area (Å²) in [6.07, 6.45) is 0. The van der Waals surface area contributed by atoms with Crippen LogP contribution < -0.4 is 21.7 Å². The van der Waals surface area contributed by atoms with E-state index in [0.717, 1.165) is 23.1 Å². The number of nitrogens with zero attached hydrogens (tertiary/aromatic N) is 4. The number of anilines is 4. The molecule has 0 atom stereocenters. The smallest absolute Gasteiger partial charge is 0.234 e. The molecule has 1 heterocycles. The molecule has 0 spiro atoms. The van der Waals surface area contributed by atoms with Gasteiger partial charge in [-0.25, -0.2) is 0 Å². The molecule has 22 heavy (non-hydrogen) atoms. The number of hydrogen-bond acceptors (Lipinski definition) is 8. The van der Waals surface area contributed by atoms with E-state index in [1.807, 2.05) is 43.3 Å². The van der Waals surface area contributed by atoms with E-state index in [-0.39, 0.29) is 23.6 Å². The van der Waals surface area contributed by atoms with E-state index in [2.05, 4.69) is 20.3 Å². The molecule has 0 fully saturated rings. The number of aromatic nitrogens is 3. The van der Waals surface area contributed by atoms with Gasteiger partial charge in [0.15, 0.2) is 5.16 Å². The lowest BCUT2D eigenvalue weighted by atomic mass is 10.2. The summed E-state index contributed by atoms with van der Waals surface area (Å²) >= 11 is 1.14. The highest BCUT2D eigenvalue weighted by Crippen LogP contribution is 2.17. The number of carbonyl (C=O) groups is 1. The molecule has 0 radical (unpaired) electrons. The normalized spacial score (nSPS) is 10.3. The fraction of sp³-hybridized carbons (Fsp3) is 0.231. The highest BCUT2D eigenvalue weighted by atomic mass is 32.2. The zero-order chi connectivity index (χ0) is 16.1. The molecule has 9 heteroatoms. The summed E-state index contributed by atoms with van der Waals surface area (Å²) in [5.41, 5.74) is 12.7. The Hall–Kier alpha value is -2.55. The molecule has 1 amide bonds. The summed E-state index contributed by atoms with van der Waals surface area (Å²) < 4.78 is 0. The Kier molecular flexibility index (Phi) is 4.99. The number of rotatable bonds is 5. The molecular weight excluding hydrogens is 302 g/mol. The Labute approximate surface area is 132 Å². The van der Waals surface area contributed by atoms with Gasteiger partial charge in [-0.05, 0) is 24.3 Å².